The van der Waals surface area contributed by atoms with E-state index in [-0.39, 0.29) is 0 Å². The van der Waals surface area contributed by atoms with Crippen LogP contribution in [0.2, 0.25) is 0 Å². The van der Waals surface area contributed by atoms with E-state index < -0.39 is 0 Å². The quantitative estimate of drug-likeness (QED) is 0.573. The second-order valence-electron chi connectivity index (χ2n) is 9.31. The summed E-state index contributed by atoms with van der Waals surface area (Å²) in [5.41, 5.74) is 4.51. The van der Waals surface area contributed by atoms with E-state index in [9.17, 15) is 0 Å². The first-order valence-corrected chi connectivity index (χ1v) is 9.65. The molecule has 0 amide bonds. The summed E-state index contributed by atoms with van der Waals surface area (Å²) in [4.78, 5) is 0. The molecule has 2 saturated carbocycles. The molecule has 0 saturated heterocycles. The van der Waals surface area contributed by atoms with Gasteiger partial charge in [0.15, 0.2) is 0 Å². The average Bonchev–Trinajstić information content (AvgIpc) is 2.36. The van der Waals surface area contributed by atoms with Crippen molar-refractivity contribution in [3.05, 3.63) is 11.1 Å². The van der Waals surface area contributed by atoms with Crippen LogP contribution in [0, 0.1) is 22.7 Å². The fraction of sp³-hybridized carbons (Fsp3) is 0.905. The van der Waals surface area contributed by atoms with Gasteiger partial charge in [0.05, 0.1) is 0 Å². The third-order valence-electron chi connectivity index (χ3n) is 6.99. The topological polar surface area (TPSA) is 12.0 Å². The van der Waals surface area contributed by atoms with Crippen molar-refractivity contribution >= 4 is 0 Å². The molecule has 0 bridgehead atoms. The molecule has 2 fully saturated rings. The van der Waals surface area contributed by atoms with Crippen LogP contribution in [0.3, 0.4) is 0 Å². The number of nitrogens with one attached hydrogen (secondary N) is 1. The van der Waals surface area contributed by atoms with Crippen LogP contribution in [0.25, 0.3) is 0 Å². The molecule has 1 heteroatoms. The van der Waals surface area contributed by atoms with Gasteiger partial charge in [0.1, 0.15) is 0 Å². The molecule has 2 atom stereocenters. The lowest BCUT2D eigenvalue weighted by Crippen LogP contribution is -2.44. The van der Waals surface area contributed by atoms with Crippen LogP contribution >= 0.6 is 0 Å². The minimum Gasteiger partial charge on any atom is -0.314 e. The van der Waals surface area contributed by atoms with E-state index >= 15 is 0 Å². The number of allylic oxidation sites excluding steroid dienone is 2. The van der Waals surface area contributed by atoms with Crippen LogP contribution in [0.15, 0.2) is 11.1 Å². The Kier molecular flexibility index (Phi) is 5.47. The number of rotatable bonds is 7. The van der Waals surface area contributed by atoms with Crippen molar-refractivity contribution in [3.63, 3.8) is 0 Å². The summed E-state index contributed by atoms with van der Waals surface area (Å²) in [5.74, 6) is 1.40. The monoisotopic (exact) mass is 305 g/mol. The highest BCUT2D eigenvalue weighted by atomic mass is 14.9. The molecule has 2 aliphatic rings. The summed E-state index contributed by atoms with van der Waals surface area (Å²) in [5, 5.41) is 3.78. The fourth-order valence-electron chi connectivity index (χ4n) is 4.32. The van der Waals surface area contributed by atoms with Crippen LogP contribution in [0.4, 0.5) is 0 Å². The Morgan fingerprint density at radius 3 is 2.05 bits per heavy atom. The first kappa shape index (κ1) is 18.0. The molecule has 1 N–H and O–H groups in total. The van der Waals surface area contributed by atoms with Gasteiger partial charge < -0.3 is 5.32 Å². The number of hydrogen-bond acceptors (Lipinski definition) is 1. The summed E-state index contributed by atoms with van der Waals surface area (Å²) in [6.07, 6.45) is 8.42. The molecular formula is C21H39N. The molecule has 0 heterocycles. The summed E-state index contributed by atoms with van der Waals surface area (Å²) in [6.45, 7) is 18.1. The molecule has 2 rings (SSSR count). The lowest BCUT2D eigenvalue weighted by Gasteiger charge is -2.52. The van der Waals surface area contributed by atoms with Crippen molar-refractivity contribution in [1.29, 1.82) is 0 Å². The van der Waals surface area contributed by atoms with Crippen LogP contribution < -0.4 is 5.32 Å². The maximum absolute atomic E-state index is 3.78. The first-order chi connectivity index (χ1) is 10.2. The van der Waals surface area contributed by atoms with Gasteiger partial charge >= 0.3 is 0 Å². The Bertz CT molecular complexity index is 406. The van der Waals surface area contributed by atoms with Crippen molar-refractivity contribution < 1.29 is 0 Å². The summed E-state index contributed by atoms with van der Waals surface area (Å²) in [7, 11) is 0. The second kappa shape index (κ2) is 6.67. The second-order valence-corrected chi connectivity index (χ2v) is 9.31. The molecule has 0 spiro atoms. The van der Waals surface area contributed by atoms with Gasteiger partial charge in [-0.15, -0.1) is 0 Å². The van der Waals surface area contributed by atoms with Crippen LogP contribution in [-0.2, 0) is 0 Å². The third kappa shape index (κ3) is 3.45. The zero-order valence-electron chi connectivity index (χ0n) is 16.2. The molecule has 0 aromatic heterocycles. The maximum atomic E-state index is 3.78. The average molecular weight is 306 g/mol. The lowest BCUT2D eigenvalue weighted by molar-refractivity contribution is 0.133. The van der Waals surface area contributed by atoms with Gasteiger partial charge in [-0.05, 0) is 68.2 Å². The highest BCUT2D eigenvalue weighted by Crippen LogP contribution is 2.57. The van der Waals surface area contributed by atoms with Crippen molar-refractivity contribution in [2.24, 2.45) is 22.7 Å². The van der Waals surface area contributed by atoms with Crippen LogP contribution in [0.1, 0.15) is 87.0 Å². The molecule has 2 unspecified atom stereocenters. The SMILES string of the molecule is CC(C)C(C)NCC(C)C(C)(C)C(=C1CCC1)C1(C)CCC1. The van der Waals surface area contributed by atoms with E-state index in [2.05, 4.69) is 53.8 Å². The normalized spacial score (nSPS) is 23.7. The van der Waals surface area contributed by atoms with Crippen molar-refractivity contribution in [1.82, 2.24) is 5.32 Å². The van der Waals surface area contributed by atoms with E-state index in [1.807, 2.05) is 11.1 Å². The van der Waals surface area contributed by atoms with Gasteiger partial charge in [-0.2, -0.15) is 0 Å². The summed E-state index contributed by atoms with van der Waals surface area (Å²) >= 11 is 0. The van der Waals surface area contributed by atoms with Crippen molar-refractivity contribution in [2.75, 3.05) is 6.54 Å². The van der Waals surface area contributed by atoms with Gasteiger partial charge in [0, 0.05) is 6.04 Å². The Morgan fingerprint density at radius 2 is 1.68 bits per heavy atom. The zero-order chi connectivity index (χ0) is 16.5. The van der Waals surface area contributed by atoms with Gasteiger partial charge in [0.2, 0.25) is 0 Å². The molecule has 0 aromatic rings. The van der Waals surface area contributed by atoms with Crippen LogP contribution in [0.5, 0.6) is 0 Å². The minimum atomic E-state index is 0.328. The lowest BCUT2D eigenvalue weighted by atomic mass is 9.53. The third-order valence-corrected chi connectivity index (χ3v) is 6.99. The van der Waals surface area contributed by atoms with Gasteiger partial charge in [-0.1, -0.05) is 59.1 Å². The van der Waals surface area contributed by atoms with E-state index in [0.29, 0.717) is 28.7 Å². The van der Waals surface area contributed by atoms with Gasteiger partial charge in [0.25, 0.3) is 0 Å². The first-order valence-electron chi connectivity index (χ1n) is 9.65. The zero-order valence-corrected chi connectivity index (χ0v) is 16.2. The molecule has 22 heavy (non-hydrogen) atoms. The molecule has 0 aromatic carbocycles. The standard InChI is InChI=1S/C21H39N/c1-15(2)17(4)22-14-16(3)20(5,6)19(18-10-8-11-18)21(7)12-9-13-21/h15-17,22H,8-14H2,1-7H3. The van der Waals surface area contributed by atoms with E-state index in [1.165, 1.54) is 38.5 Å². The predicted octanol–water partition coefficient (Wildman–Crippen LogP) is 5.95. The van der Waals surface area contributed by atoms with Crippen molar-refractivity contribution in [3.8, 4) is 0 Å². The fourth-order valence-corrected chi connectivity index (χ4v) is 4.32. The molecule has 128 valence electrons. The molecule has 0 aliphatic heterocycles. The Morgan fingerprint density at radius 1 is 1.09 bits per heavy atom. The highest BCUT2D eigenvalue weighted by molar-refractivity contribution is 5.33. The maximum Gasteiger partial charge on any atom is 0.00618 e. The van der Waals surface area contributed by atoms with E-state index in [4.69, 9.17) is 0 Å². The van der Waals surface area contributed by atoms with E-state index in [1.54, 1.807) is 0 Å². The molecule has 2 aliphatic carbocycles. The van der Waals surface area contributed by atoms with E-state index in [0.717, 1.165) is 6.54 Å². The number of hydrogen-bond donors (Lipinski definition) is 1. The largest absolute Gasteiger partial charge is 0.314 e. The van der Waals surface area contributed by atoms with Gasteiger partial charge in [-0.25, -0.2) is 0 Å². The minimum absolute atomic E-state index is 0.328. The Labute approximate surface area is 139 Å². The molecule has 0 radical (unpaired) electrons. The summed E-state index contributed by atoms with van der Waals surface area (Å²) < 4.78 is 0. The summed E-state index contributed by atoms with van der Waals surface area (Å²) in [6, 6.07) is 0.609. The Hall–Kier alpha value is -0.300. The Balaban J connectivity index is 2.12. The van der Waals surface area contributed by atoms with Gasteiger partial charge in [-0.3, -0.25) is 0 Å². The highest BCUT2D eigenvalue weighted by Gasteiger charge is 2.46. The molecule has 1 nitrogen and oxygen atoms in total. The van der Waals surface area contributed by atoms with Crippen molar-refractivity contribution in [2.45, 2.75) is 93.0 Å². The smallest absolute Gasteiger partial charge is 0.00618 e. The van der Waals surface area contributed by atoms with Crippen LogP contribution in [-0.4, -0.2) is 12.6 Å². The molecular weight excluding hydrogens is 266 g/mol. The predicted molar refractivity (Wildman–Crippen MR) is 98.1 cm³/mol.